The van der Waals surface area contributed by atoms with E-state index in [1.807, 2.05) is 0 Å². The van der Waals surface area contributed by atoms with E-state index in [0.717, 1.165) is 30.3 Å². The van der Waals surface area contributed by atoms with Crippen LogP contribution in [0.25, 0.3) is 5.69 Å². The van der Waals surface area contributed by atoms with Gasteiger partial charge in [0.05, 0.1) is 25.9 Å². The number of H-pyrrole nitrogens is 1. The van der Waals surface area contributed by atoms with Crippen molar-refractivity contribution in [3.05, 3.63) is 44.6 Å². The molecule has 0 amide bonds. The standard InChI is InChI=1S/C19H24N4O5/c1-27-11-7-8-16(28-2)15(9-11)23-18(25)12(17(24)22-19(23)26)10-21-14-6-4-3-5-13(14)20/h7-10,13-14,25H,3-6,20H2,1-2H3,(H,22,24,26). The van der Waals surface area contributed by atoms with Gasteiger partial charge in [0.2, 0.25) is 5.88 Å². The summed E-state index contributed by atoms with van der Waals surface area (Å²) in [4.78, 5) is 31.3. The zero-order valence-corrected chi connectivity index (χ0v) is 15.8. The highest BCUT2D eigenvalue weighted by Crippen LogP contribution is 2.29. The summed E-state index contributed by atoms with van der Waals surface area (Å²) >= 11 is 0. The molecule has 4 N–H and O–H groups in total. The second kappa shape index (κ2) is 8.30. The maximum atomic E-state index is 12.4. The van der Waals surface area contributed by atoms with Gasteiger partial charge in [0.15, 0.2) is 0 Å². The average molecular weight is 388 g/mol. The fraction of sp³-hybridized carbons (Fsp3) is 0.421. The topological polar surface area (TPSA) is 132 Å². The number of rotatable bonds is 5. The Morgan fingerprint density at radius 2 is 2.00 bits per heavy atom. The summed E-state index contributed by atoms with van der Waals surface area (Å²) in [6.07, 6.45) is 5.04. The Morgan fingerprint density at radius 1 is 1.25 bits per heavy atom. The Bertz CT molecular complexity index is 995. The molecule has 1 aliphatic carbocycles. The number of methoxy groups -OCH3 is 2. The highest BCUT2D eigenvalue weighted by atomic mass is 16.5. The summed E-state index contributed by atoms with van der Waals surface area (Å²) in [5.74, 6) is 0.243. The molecule has 28 heavy (non-hydrogen) atoms. The third kappa shape index (κ3) is 3.79. The van der Waals surface area contributed by atoms with Gasteiger partial charge in [0.25, 0.3) is 5.56 Å². The predicted octanol–water partition coefficient (Wildman–Crippen LogP) is 0.937. The van der Waals surface area contributed by atoms with Gasteiger partial charge in [-0.3, -0.25) is 14.8 Å². The number of nitrogens with two attached hydrogens (primary N) is 1. The normalized spacial score (nSPS) is 19.7. The molecule has 0 spiro atoms. The highest BCUT2D eigenvalue weighted by Gasteiger charge is 2.22. The summed E-state index contributed by atoms with van der Waals surface area (Å²) < 4.78 is 11.4. The molecule has 1 aliphatic rings. The van der Waals surface area contributed by atoms with E-state index in [1.54, 1.807) is 12.1 Å². The number of aromatic nitrogens is 2. The van der Waals surface area contributed by atoms with Gasteiger partial charge >= 0.3 is 5.69 Å². The van der Waals surface area contributed by atoms with Crippen molar-refractivity contribution in [2.24, 2.45) is 10.7 Å². The van der Waals surface area contributed by atoms with Crippen LogP contribution in [0.3, 0.4) is 0 Å². The van der Waals surface area contributed by atoms with Crippen molar-refractivity contribution in [3.63, 3.8) is 0 Å². The molecule has 2 unspecified atom stereocenters. The van der Waals surface area contributed by atoms with Gasteiger partial charge in [0.1, 0.15) is 17.1 Å². The van der Waals surface area contributed by atoms with Crippen molar-refractivity contribution in [1.29, 1.82) is 0 Å². The predicted molar refractivity (Wildman–Crippen MR) is 105 cm³/mol. The zero-order valence-electron chi connectivity index (χ0n) is 15.8. The SMILES string of the molecule is COc1ccc(OC)c(-n2c(O)c(C=NC3CCCCC3N)c(=O)[nH]c2=O)c1. The lowest BCUT2D eigenvalue weighted by Gasteiger charge is -2.25. The summed E-state index contributed by atoms with van der Waals surface area (Å²) in [7, 11) is 2.92. The Balaban J connectivity index is 2.11. The van der Waals surface area contributed by atoms with Crippen molar-refractivity contribution in [2.75, 3.05) is 14.2 Å². The van der Waals surface area contributed by atoms with Crippen molar-refractivity contribution in [2.45, 2.75) is 37.8 Å². The van der Waals surface area contributed by atoms with Crippen LogP contribution < -0.4 is 26.5 Å². The van der Waals surface area contributed by atoms with Crippen LogP contribution in [-0.4, -0.2) is 47.2 Å². The molecule has 9 nitrogen and oxygen atoms in total. The molecule has 0 radical (unpaired) electrons. The second-order valence-corrected chi connectivity index (χ2v) is 6.66. The number of nitrogens with one attached hydrogen (secondary N) is 1. The van der Waals surface area contributed by atoms with Crippen molar-refractivity contribution in [3.8, 4) is 23.1 Å². The first-order valence-corrected chi connectivity index (χ1v) is 9.05. The van der Waals surface area contributed by atoms with Gasteiger partial charge in [-0.15, -0.1) is 0 Å². The number of hydrogen-bond donors (Lipinski definition) is 3. The number of hydrogen-bond acceptors (Lipinski definition) is 7. The zero-order chi connectivity index (χ0) is 20.3. The third-order valence-corrected chi connectivity index (χ3v) is 4.92. The molecule has 1 saturated carbocycles. The lowest BCUT2D eigenvalue weighted by molar-refractivity contribution is 0.386. The first-order chi connectivity index (χ1) is 13.5. The molecule has 1 heterocycles. The van der Waals surface area contributed by atoms with Gasteiger partial charge in [-0.25, -0.2) is 9.36 Å². The van der Waals surface area contributed by atoms with Crippen LogP contribution in [0.5, 0.6) is 17.4 Å². The third-order valence-electron chi connectivity index (χ3n) is 4.92. The van der Waals surface area contributed by atoms with E-state index >= 15 is 0 Å². The van der Waals surface area contributed by atoms with Crippen LogP contribution in [0, 0.1) is 0 Å². The molecule has 1 aromatic carbocycles. The lowest BCUT2D eigenvalue weighted by atomic mass is 9.91. The van der Waals surface area contributed by atoms with Crippen LogP contribution >= 0.6 is 0 Å². The first kappa shape index (κ1) is 19.7. The molecule has 150 valence electrons. The van der Waals surface area contributed by atoms with Gasteiger partial charge in [-0.05, 0) is 25.0 Å². The molecule has 9 heteroatoms. The number of aromatic amines is 1. The molecule has 0 bridgehead atoms. The first-order valence-electron chi connectivity index (χ1n) is 9.05. The smallest absolute Gasteiger partial charge is 0.335 e. The Morgan fingerprint density at radius 3 is 2.68 bits per heavy atom. The quantitative estimate of drug-likeness (QED) is 0.653. The summed E-state index contributed by atoms with van der Waals surface area (Å²) in [6, 6.07) is 4.56. The van der Waals surface area contributed by atoms with Crippen LogP contribution in [0.1, 0.15) is 31.2 Å². The van der Waals surface area contributed by atoms with Crippen molar-refractivity contribution in [1.82, 2.24) is 9.55 Å². The lowest BCUT2D eigenvalue weighted by Crippen LogP contribution is -2.36. The second-order valence-electron chi connectivity index (χ2n) is 6.66. The number of aliphatic imine (C=N–C) groups is 1. The van der Waals surface area contributed by atoms with E-state index in [2.05, 4.69) is 9.98 Å². The van der Waals surface area contributed by atoms with Crippen LogP contribution in [0.15, 0.2) is 32.8 Å². The number of benzene rings is 1. The molecule has 0 aliphatic heterocycles. The highest BCUT2D eigenvalue weighted by molar-refractivity contribution is 5.82. The molecule has 0 saturated heterocycles. The molecular formula is C19H24N4O5. The van der Waals surface area contributed by atoms with Crippen LogP contribution in [0.4, 0.5) is 0 Å². The maximum absolute atomic E-state index is 12.4. The number of ether oxygens (including phenoxy) is 2. The summed E-state index contributed by atoms with van der Waals surface area (Å²) in [5.41, 5.74) is 4.66. The van der Waals surface area contributed by atoms with E-state index in [1.165, 1.54) is 26.5 Å². The largest absolute Gasteiger partial charge is 0.497 e. The molecule has 2 atom stereocenters. The minimum Gasteiger partial charge on any atom is -0.497 e. The fourth-order valence-corrected chi connectivity index (χ4v) is 3.35. The number of aromatic hydroxyl groups is 1. The van der Waals surface area contributed by atoms with E-state index in [4.69, 9.17) is 15.2 Å². The van der Waals surface area contributed by atoms with E-state index in [0.29, 0.717) is 11.5 Å². The van der Waals surface area contributed by atoms with E-state index in [9.17, 15) is 14.7 Å². The van der Waals surface area contributed by atoms with Gasteiger partial charge < -0.3 is 20.3 Å². The summed E-state index contributed by atoms with van der Waals surface area (Å²) in [5, 5.41) is 10.7. The average Bonchev–Trinajstić information content (AvgIpc) is 2.68. The van der Waals surface area contributed by atoms with Crippen molar-refractivity contribution >= 4 is 6.21 Å². The van der Waals surface area contributed by atoms with E-state index < -0.39 is 17.1 Å². The van der Waals surface area contributed by atoms with Gasteiger partial charge in [-0.2, -0.15) is 0 Å². The number of nitrogens with zero attached hydrogens (tertiary/aromatic N) is 2. The summed E-state index contributed by atoms with van der Waals surface area (Å²) in [6.45, 7) is 0. The molecule has 1 aromatic heterocycles. The monoisotopic (exact) mass is 388 g/mol. The Kier molecular flexibility index (Phi) is 5.84. The van der Waals surface area contributed by atoms with Crippen LogP contribution in [-0.2, 0) is 0 Å². The van der Waals surface area contributed by atoms with E-state index in [-0.39, 0.29) is 23.3 Å². The maximum Gasteiger partial charge on any atom is 0.335 e. The minimum atomic E-state index is -0.805. The van der Waals surface area contributed by atoms with Crippen molar-refractivity contribution < 1.29 is 14.6 Å². The Hall–Kier alpha value is -3.07. The van der Waals surface area contributed by atoms with Gasteiger partial charge in [-0.1, -0.05) is 12.8 Å². The molecule has 3 rings (SSSR count). The molecular weight excluding hydrogens is 364 g/mol. The minimum absolute atomic E-state index is 0.0874. The van der Waals surface area contributed by atoms with Crippen LogP contribution in [0.2, 0.25) is 0 Å². The molecule has 2 aromatic rings. The molecule has 1 fully saturated rings. The fourth-order valence-electron chi connectivity index (χ4n) is 3.35. The Labute approximate surface area is 161 Å². The van der Waals surface area contributed by atoms with Gasteiger partial charge in [0, 0.05) is 18.3 Å².